The molecule has 154 valence electrons. The Kier molecular flexibility index (Phi) is 7.11. The summed E-state index contributed by atoms with van der Waals surface area (Å²) in [4.78, 5) is 27.4. The predicted octanol–water partition coefficient (Wildman–Crippen LogP) is 1.26. The molecule has 8 nitrogen and oxygen atoms in total. The molecular formula is C20H30N4O4. The van der Waals surface area contributed by atoms with Gasteiger partial charge in [-0.05, 0) is 31.0 Å². The number of carbonyl (C=O) groups is 2. The summed E-state index contributed by atoms with van der Waals surface area (Å²) in [6, 6.07) is 8.27. The Labute approximate surface area is 165 Å². The van der Waals surface area contributed by atoms with Crippen molar-refractivity contribution in [3.63, 3.8) is 0 Å². The van der Waals surface area contributed by atoms with Crippen LogP contribution in [0.25, 0.3) is 0 Å². The van der Waals surface area contributed by atoms with E-state index in [2.05, 4.69) is 21.6 Å². The molecule has 2 fully saturated rings. The first kappa shape index (κ1) is 20.4. The van der Waals surface area contributed by atoms with Gasteiger partial charge in [0.25, 0.3) is 0 Å². The van der Waals surface area contributed by atoms with E-state index in [4.69, 9.17) is 9.84 Å². The molecule has 0 atom stereocenters. The van der Waals surface area contributed by atoms with Gasteiger partial charge in [0.1, 0.15) is 0 Å². The summed E-state index contributed by atoms with van der Waals surface area (Å²) < 4.78 is 5.42. The predicted molar refractivity (Wildman–Crippen MR) is 107 cm³/mol. The van der Waals surface area contributed by atoms with Crippen LogP contribution < -0.4 is 15.5 Å². The van der Waals surface area contributed by atoms with Crippen molar-refractivity contribution in [2.24, 2.45) is 0 Å². The highest BCUT2D eigenvalue weighted by Gasteiger charge is 2.34. The minimum atomic E-state index is -0.810. The number of nitrogens with zero attached hydrogens (tertiary/aromatic N) is 2. The Morgan fingerprint density at radius 2 is 1.96 bits per heavy atom. The van der Waals surface area contributed by atoms with Gasteiger partial charge in [-0.2, -0.15) is 0 Å². The molecule has 1 aromatic rings. The van der Waals surface area contributed by atoms with Crippen molar-refractivity contribution < 1.29 is 19.4 Å². The van der Waals surface area contributed by atoms with Gasteiger partial charge in [-0.15, -0.1) is 0 Å². The number of nitrogens with one attached hydrogen (secondary N) is 2. The molecule has 1 aliphatic heterocycles. The first-order valence-corrected chi connectivity index (χ1v) is 9.97. The summed E-state index contributed by atoms with van der Waals surface area (Å²) in [7, 11) is 0. The van der Waals surface area contributed by atoms with Gasteiger partial charge in [-0.1, -0.05) is 25.1 Å². The summed E-state index contributed by atoms with van der Waals surface area (Å²) in [6.45, 7) is 6.35. The lowest BCUT2D eigenvalue weighted by molar-refractivity contribution is -0.139. The van der Waals surface area contributed by atoms with E-state index in [0.717, 1.165) is 50.4 Å². The van der Waals surface area contributed by atoms with Crippen molar-refractivity contribution in [3.05, 3.63) is 29.8 Å². The van der Waals surface area contributed by atoms with Crippen LogP contribution in [0.4, 0.5) is 10.5 Å². The number of morpholine rings is 1. The lowest BCUT2D eigenvalue weighted by Crippen LogP contribution is -2.56. The number of rotatable bonds is 8. The molecule has 0 unspecified atom stereocenters. The number of benzene rings is 1. The van der Waals surface area contributed by atoms with Crippen LogP contribution in [0, 0.1) is 0 Å². The average Bonchev–Trinajstić information content (AvgIpc) is 2.68. The Bertz CT molecular complexity index is 672. The van der Waals surface area contributed by atoms with Crippen LogP contribution in [0.1, 0.15) is 25.3 Å². The lowest BCUT2D eigenvalue weighted by Gasteiger charge is -2.42. The maximum Gasteiger partial charge on any atom is 0.317 e. The molecule has 3 N–H and O–H groups in total. The van der Waals surface area contributed by atoms with Gasteiger partial charge in [-0.3, -0.25) is 9.69 Å². The second-order valence-corrected chi connectivity index (χ2v) is 7.33. The number of urea groups is 1. The number of carbonyl (C=O) groups excluding carboxylic acids is 1. The largest absolute Gasteiger partial charge is 0.480 e. The third-order valence-electron chi connectivity index (χ3n) is 5.49. The Morgan fingerprint density at radius 1 is 1.25 bits per heavy atom. The molecule has 0 spiro atoms. The third-order valence-corrected chi connectivity index (χ3v) is 5.49. The molecule has 3 rings (SSSR count). The molecule has 2 aliphatic rings. The molecule has 28 heavy (non-hydrogen) atoms. The number of aliphatic carboxylic acids is 1. The summed E-state index contributed by atoms with van der Waals surface area (Å²) in [5, 5.41) is 14.9. The van der Waals surface area contributed by atoms with Gasteiger partial charge >= 0.3 is 12.0 Å². The van der Waals surface area contributed by atoms with Gasteiger partial charge < -0.3 is 25.4 Å². The van der Waals surface area contributed by atoms with E-state index in [9.17, 15) is 9.59 Å². The van der Waals surface area contributed by atoms with Crippen molar-refractivity contribution in [3.8, 4) is 0 Å². The van der Waals surface area contributed by atoms with E-state index in [1.807, 2.05) is 30.0 Å². The summed E-state index contributed by atoms with van der Waals surface area (Å²) in [6.07, 6.45) is 1.58. The van der Waals surface area contributed by atoms with Crippen LogP contribution >= 0.6 is 0 Å². The van der Waals surface area contributed by atoms with Crippen LogP contribution in [0.5, 0.6) is 0 Å². The fourth-order valence-electron chi connectivity index (χ4n) is 3.86. The maximum absolute atomic E-state index is 12.3. The van der Waals surface area contributed by atoms with Crippen LogP contribution in [0.3, 0.4) is 0 Å². The third kappa shape index (κ3) is 5.36. The van der Waals surface area contributed by atoms with Crippen LogP contribution in [-0.4, -0.2) is 73.5 Å². The minimum Gasteiger partial charge on any atom is -0.480 e. The van der Waals surface area contributed by atoms with Gasteiger partial charge in [-0.25, -0.2) is 4.79 Å². The van der Waals surface area contributed by atoms with Crippen molar-refractivity contribution in [2.45, 2.75) is 38.4 Å². The summed E-state index contributed by atoms with van der Waals surface area (Å²) in [5.41, 5.74) is 2.23. The van der Waals surface area contributed by atoms with Crippen molar-refractivity contribution in [1.82, 2.24) is 15.5 Å². The molecule has 1 aliphatic carbocycles. The molecule has 8 heteroatoms. The van der Waals surface area contributed by atoms with Gasteiger partial charge in [0, 0.05) is 37.4 Å². The van der Waals surface area contributed by atoms with Crippen molar-refractivity contribution >= 4 is 17.7 Å². The number of hydrogen-bond donors (Lipinski definition) is 3. The van der Waals surface area contributed by atoms with Crippen molar-refractivity contribution in [1.29, 1.82) is 0 Å². The smallest absolute Gasteiger partial charge is 0.317 e. The monoisotopic (exact) mass is 390 g/mol. The SMILES string of the molecule is CCN(CC(=O)O)C1CC(NC(=O)NCc2ccccc2N2CCOCC2)C1. The maximum atomic E-state index is 12.3. The highest BCUT2D eigenvalue weighted by atomic mass is 16.5. The Hall–Kier alpha value is -2.32. The molecule has 0 bridgehead atoms. The molecule has 2 amide bonds. The van der Waals surface area contributed by atoms with Crippen molar-refractivity contribution in [2.75, 3.05) is 44.3 Å². The fourth-order valence-corrected chi connectivity index (χ4v) is 3.86. The Balaban J connectivity index is 1.44. The average molecular weight is 390 g/mol. The second kappa shape index (κ2) is 9.75. The fraction of sp³-hybridized carbons (Fsp3) is 0.600. The number of ether oxygens (including phenoxy) is 1. The standard InChI is InChI=1S/C20H30N4O4/c1-2-23(14-19(25)26)17-11-16(12-17)22-20(27)21-13-15-5-3-4-6-18(15)24-7-9-28-10-8-24/h3-6,16-17H,2,7-14H2,1H3,(H,25,26)(H2,21,22,27). The van der Waals surface area contributed by atoms with Gasteiger partial charge in [0.15, 0.2) is 0 Å². The van der Waals surface area contributed by atoms with E-state index in [-0.39, 0.29) is 24.7 Å². The van der Waals surface area contributed by atoms with Gasteiger partial charge in [0.05, 0.1) is 19.8 Å². The summed E-state index contributed by atoms with van der Waals surface area (Å²) >= 11 is 0. The normalized spacial score (nSPS) is 21.9. The zero-order chi connectivity index (χ0) is 19.9. The number of para-hydroxylation sites is 1. The van der Waals surface area contributed by atoms with Gasteiger partial charge in [0.2, 0.25) is 0 Å². The lowest BCUT2D eigenvalue weighted by atomic mass is 9.85. The number of carboxylic acid groups (broad SMARTS) is 1. The number of anilines is 1. The zero-order valence-corrected chi connectivity index (χ0v) is 16.4. The van der Waals surface area contributed by atoms with E-state index >= 15 is 0 Å². The van der Waals surface area contributed by atoms with Crippen LogP contribution in [0.2, 0.25) is 0 Å². The number of likely N-dealkylation sites (N-methyl/N-ethyl adjacent to an activating group) is 1. The van der Waals surface area contributed by atoms with E-state index in [1.54, 1.807) is 0 Å². The molecule has 0 radical (unpaired) electrons. The zero-order valence-electron chi connectivity index (χ0n) is 16.4. The van der Waals surface area contributed by atoms with Crippen LogP contribution in [-0.2, 0) is 16.1 Å². The molecule has 0 aromatic heterocycles. The second-order valence-electron chi connectivity index (χ2n) is 7.33. The number of hydrogen-bond acceptors (Lipinski definition) is 5. The summed E-state index contributed by atoms with van der Waals surface area (Å²) in [5.74, 6) is -0.810. The van der Waals surface area contributed by atoms with E-state index < -0.39 is 5.97 Å². The number of carboxylic acids is 1. The van der Waals surface area contributed by atoms with E-state index in [0.29, 0.717) is 13.1 Å². The molecule has 1 saturated heterocycles. The molecule has 1 aromatic carbocycles. The highest BCUT2D eigenvalue weighted by molar-refractivity contribution is 5.74. The first-order chi connectivity index (χ1) is 13.6. The molecule has 1 heterocycles. The molecule has 1 saturated carbocycles. The Morgan fingerprint density at radius 3 is 2.64 bits per heavy atom. The van der Waals surface area contributed by atoms with Crippen LogP contribution in [0.15, 0.2) is 24.3 Å². The highest BCUT2D eigenvalue weighted by Crippen LogP contribution is 2.25. The number of amides is 2. The topological polar surface area (TPSA) is 94.1 Å². The van der Waals surface area contributed by atoms with E-state index in [1.165, 1.54) is 0 Å². The molecular weight excluding hydrogens is 360 g/mol. The quantitative estimate of drug-likeness (QED) is 0.619. The minimum absolute atomic E-state index is 0.0540. The first-order valence-electron chi connectivity index (χ1n) is 9.97.